The van der Waals surface area contributed by atoms with Crippen molar-refractivity contribution in [3.8, 4) is 0 Å². The van der Waals surface area contributed by atoms with Gasteiger partial charge in [0.15, 0.2) is 0 Å². The molecule has 0 aliphatic carbocycles. The van der Waals surface area contributed by atoms with E-state index >= 15 is 0 Å². The largest absolute Gasteiger partial charge is 0.114 e. The molecule has 1 heteroatoms. The van der Waals surface area contributed by atoms with Crippen LogP contribution in [0.1, 0.15) is 391 Å². The number of hydrogen-bond donors (Lipinski definition) is 0. The summed E-state index contributed by atoms with van der Waals surface area (Å²) in [5.41, 5.74) is 0. The monoisotopic (exact) mass is 933 g/mol. The zero-order valence-corrected chi connectivity index (χ0v) is 48.1. The van der Waals surface area contributed by atoms with Gasteiger partial charge >= 0.3 is 0 Å². The van der Waals surface area contributed by atoms with Crippen molar-refractivity contribution < 1.29 is 0 Å². The van der Waals surface area contributed by atoms with Crippen LogP contribution >= 0.6 is 17.0 Å². The lowest BCUT2D eigenvalue weighted by Gasteiger charge is -1.97. The van der Waals surface area contributed by atoms with Crippen molar-refractivity contribution in [3.05, 3.63) is 0 Å². The lowest BCUT2D eigenvalue weighted by molar-refractivity contribution is 0.585. The molecule has 0 aliphatic rings. The maximum absolute atomic E-state index is 2.27. The second-order valence-corrected chi connectivity index (χ2v) is 18.7. The molecule has 0 aliphatic heterocycles. The van der Waals surface area contributed by atoms with Gasteiger partial charge in [-0.2, -0.15) is 0 Å². The standard InChI is InChI=1S/6C10H22.BrH/c6*1-3-5-7-9-10-8-6-4-2;/h6*3-10H2,1-2H3;1H. The second kappa shape index (κ2) is 91.0. The van der Waals surface area contributed by atoms with Crippen LogP contribution in [-0.2, 0) is 0 Å². The summed E-state index contributed by atoms with van der Waals surface area (Å²) in [7, 11) is 0. The first-order valence-electron chi connectivity index (χ1n) is 29.5. The van der Waals surface area contributed by atoms with E-state index in [0.29, 0.717) is 0 Å². The van der Waals surface area contributed by atoms with Crippen LogP contribution in [-0.4, -0.2) is 0 Å². The Labute approximate surface area is 406 Å². The van der Waals surface area contributed by atoms with Gasteiger partial charge in [-0.05, 0) is 0 Å². The maximum atomic E-state index is 2.27. The van der Waals surface area contributed by atoms with Gasteiger partial charge in [0.05, 0.1) is 0 Å². The summed E-state index contributed by atoms with van der Waals surface area (Å²) >= 11 is 0. The van der Waals surface area contributed by atoms with Gasteiger partial charge in [0, 0.05) is 0 Å². The molecule has 0 fully saturated rings. The summed E-state index contributed by atoms with van der Waals surface area (Å²) in [6.45, 7) is 27.2. The van der Waals surface area contributed by atoms with Gasteiger partial charge in [0.1, 0.15) is 0 Å². The van der Waals surface area contributed by atoms with E-state index in [1.807, 2.05) is 0 Å². The lowest BCUT2D eigenvalue weighted by Crippen LogP contribution is -1.77. The first-order valence-corrected chi connectivity index (χ1v) is 29.5. The molecular weight excluding hydrogens is 801 g/mol. The predicted octanol–water partition coefficient (Wildman–Crippen LogP) is 25.5. The second-order valence-electron chi connectivity index (χ2n) is 18.7. The van der Waals surface area contributed by atoms with Crippen molar-refractivity contribution in [1.29, 1.82) is 0 Å². The van der Waals surface area contributed by atoms with Crippen LogP contribution in [0.4, 0.5) is 0 Å². The highest BCUT2D eigenvalue weighted by molar-refractivity contribution is 8.93. The first kappa shape index (κ1) is 75.8. The number of hydrogen-bond acceptors (Lipinski definition) is 0. The van der Waals surface area contributed by atoms with Crippen molar-refractivity contribution in [1.82, 2.24) is 0 Å². The molecule has 0 N–H and O–H groups in total. The van der Waals surface area contributed by atoms with Crippen molar-refractivity contribution in [2.45, 2.75) is 391 Å². The molecule has 0 atom stereocenters. The Balaban J connectivity index is -0.000000114. The third-order valence-corrected chi connectivity index (χ3v) is 11.7. The summed E-state index contributed by atoms with van der Waals surface area (Å²) in [4.78, 5) is 0. The smallest absolute Gasteiger partial charge is 0.0533 e. The molecule has 0 aromatic heterocycles. The van der Waals surface area contributed by atoms with Crippen molar-refractivity contribution >= 4 is 17.0 Å². The summed E-state index contributed by atoms with van der Waals surface area (Å²) in [5, 5.41) is 0. The fourth-order valence-electron chi connectivity index (χ4n) is 7.24. The number of unbranched alkanes of at least 4 members (excludes halogenated alkanes) is 42. The average molecular weight is 935 g/mol. The van der Waals surface area contributed by atoms with Crippen LogP contribution in [0.25, 0.3) is 0 Å². The van der Waals surface area contributed by atoms with E-state index in [0.717, 1.165) is 0 Å². The molecule has 380 valence electrons. The number of halogens is 1. The Bertz CT molecular complexity index is 371. The molecule has 0 saturated heterocycles. The topological polar surface area (TPSA) is 0 Å². The fourth-order valence-corrected chi connectivity index (χ4v) is 7.24. The summed E-state index contributed by atoms with van der Waals surface area (Å²) < 4.78 is 0. The first-order chi connectivity index (χ1) is 29.5. The van der Waals surface area contributed by atoms with Crippen LogP contribution in [0, 0.1) is 0 Å². The van der Waals surface area contributed by atoms with Crippen molar-refractivity contribution in [2.75, 3.05) is 0 Å². The van der Waals surface area contributed by atoms with Crippen molar-refractivity contribution in [2.24, 2.45) is 0 Å². The highest BCUT2D eigenvalue weighted by Crippen LogP contribution is 2.11. The Hall–Kier alpha value is 0.480. The van der Waals surface area contributed by atoms with Gasteiger partial charge < -0.3 is 0 Å². The minimum absolute atomic E-state index is 0. The molecule has 0 nitrogen and oxygen atoms in total. The van der Waals surface area contributed by atoms with Gasteiger partial charge in [-0.3, -0.25) is 0 Å². The van der Waals surface area contributed by atoms with E-state index in [1.54, 1.807) is 0 Å². The van der Waals surface area contributed by atoms with Gasteiger partial charge in [0.25, 0.3) is 0 Å². The maximum Gasteiger partial charge on any atom is -0.0533 e. The average Bonchev–Trinajstić information content (AvgIpc) is 3.27. The normalized spacial score (nSPS) is 10.0. The molecule has 61 heavy (non-hydrogen) atoms. The Kier molecular flexibility index (Phi) is 113. The minimum atomic E-state index is 0. The van der Waals surface area contributed by atoms with Crippen LogP contribution in [0.15, 0.2) is 0 Å². The number of rotatable bonds is 42. The zero-order valence-electron chi connectivity index (χ0n) is 46.3. The predicted molar refractivity (Wildman–Crippen MR) is 300 cm³/mol. The lowest BCUT2D eigenvalue weighted by atomic mass is 10.1. The van der Waals surface area contributed by atoms with E-state index in [9.17, 15) is 0 Å². The summed E-state index contributed by atoms with van der Waals surface area (Å²) in [6, 6.07) is 0. The van der Waals surface area contributed by atoms with Gasteiger partial charge in [-0.1, -0.05) is 391 Å². The van der Waals surface area contributed by atoms with Gasteiger partial charge in [0.2, 0.25) is 0 Å². The molecule has 0 saturated carbocycles. The summed E-state index contributed by atoms with van der Waals surface area (Å²) in [6.07, 6.45) is 68.8. The third kappa shape index (κ3) is 115. The quantitative estimate of drug-likeness (QED) is 0.0535. The van der Waals surface area contributed by atoms with Crippen molar-refractivity contribution in [3.63, 3.8) is 0 Å². The van der Waals surface area contributed by atoms with E-state index in [4.69, 9.17) is 0 Å². The molecule has 0 amide bonds. The van der Waals surface area contributed by atoms with Crippen LogP contribution < -0.4 is 0 Å². The molecule has 0 rings (SSSR count). The SMILES string of the molecule is Br.CCCCCCCCCC.CCCCCCCCCC.CCCCCCCCCC.CCCCCCCCCC.CCCCCCCCCC.CCCCCCCCCC. The molecule has 0 aromatic rings. The van der Waals surface area contributed by atoms with E-state index in [1.165, 1.54) is 308 Å². The Morgan fingerprint density at radius 3 is 0.197 bits per heavy atom. The van der Waals surface area contributed by atoms with E-state index in [2.05, 4.69) is 83.1 Å². The summed E-state index contributed by atoms with van der Waals surface area (Å²) in [5.74, 6) is 0. The van der Waals surface area contributed by atoms with Crippen LogP contribution in [0.2, 0.25) is 0 Å². The molecule has 0 bridgehead atoms. The highest BCUT2D eigenvalue weighted by atomic mass is 79.9. The van der Waals surface area contributed by atoms with Crippen LogP contribution in [0.3, 0.4) is 0 Å². The van der Waals surface area contributed by atoms with Gasteiger partial charge in [-0.15, -0.1) is 17.0 Å². The molecule has 0 unspecified atom stereocenters. The van der Waals surface area contributed by atoms with Crippen LogP contribution in [0.5, 0.6) is 0 Å². The highest BCUT2D eigenvalue weighted by Gasteiger charge is 1.92. The molecule has 0 spiro atoms. The zero-order chi connectivity index (χ0) is 45.9. The minimum Gasteiger partial charge on any atom is -0.114 e. The molecule has 0 heterocycles. The molecule has 0 radical (unpaired) electrons. The van der Waals surface area contributed by atoms with E-state index in [-0.39, 0.29) is 17.0 Å². The molecular formula is C60H133Br. The Morgan fingerprint density at radius 2 is 0.148 bits per heavy atom. The molecule has 0 aromatic carbocycles. The third-order valence-electron chi connectivity index (χ3n) is 11.7. The Morgan fingerprint density at radius 1 is 0.0984 bits per heavy atom. The van der Waals surface area contributed by atoms with Gasteiger partial charge in [-0.25, -0.2) is 0 Å². The fraction of sp³-hybridized carbons (Fsp3) is 1.00. The van der Waals surface area contributed by atoms with E-state index < -0.39 is 0 Å².